The van der Waals surface area contributed by atoms with Crippen LogP contribution in [-0.2, 0) is 6.61 Å². The third-order valence-electron chi connectivity index (χ3n) is 4.36. The van der Waals surface area contributed by atoms with Crippen LogP contribution in [0.2, 0.25) is 0 Å². The van der Waals surface area contributed by atoms with Crippen LogP contribution >= 0.6 is 15.9 Å². The second kappa shape index (κ2) is 9.90. The van der Waals surface area contributed by atoms with Gasteiger partial charge in [-0.15, -0.1) is 0 Å². The number of ether oxygens (including phenoxy) is 2. The lowest BCUT2D eigenvalue weighted by atomic mass is 10.2. The van der Waals surface area contributed by atoms with Crippen LogP contribution in [0.15, 0.2) is 113 Å². The molecular formula is C26H20BrNO2. The van der Waals surface area contributed by atoms with Gasteiger partial charge in [-0.1, -0.05) is 58.4 Å². The number of hydrogen-bond acceptors (Lipinski definition) is 3. The first-order valence-electron chi connectivity index (χ1n) is 9.59. The molecule has 4 aromatic rings. The van der Waals surface area contributed by atoms with Gasteiger partial charge in [-0.2, -0.15) is 0 Å². The lowest BCUT2D eigenvalue weighted by Crippen LogP contribution is -1.95. The SMILES string of the molecule is Brc1ccc(COc2cccc(C=Nc3ccc(Oc4ccccc4)cc3)c2)cc1. The van der Waals surface area contributed by atoms with E-state index in [0.717, 1.165) is 38.5 Å². The summed E-state index contributed by atoms with van der Waals surface area (Å²) in [6.07, 6.45) is 1.83. The van der Waals surface area contributed by atoms with E-state index in [1.807, 2.05) is 109 Å². The third-order valence-corrected chi connectivity index (χ3v) is 4.88. The maximum atomic E-state index is 5.90. The second-order valence-corrected chi connectivity index (χ2v) is 7.57. The molecule has 4 rings (SSSR count). The number of para-hydroxylation sites is 1. The summed E-state index contributed by atoms with van der Waals surface area (Å²) in [4.78, 5) is 4.55. The molecule has 0 N–H and O–H groups in total. The van der Waals surface area contributed by atoms with Crippen molar-refractivity contribution in [2.24, 2.45) is 4.99 Å². The smallest absolute Gasteiger partial charge is 0.127 e. The number of rotatable bonds is 7. The molecule has 0 saturated carbocycles. The molecule has 0 fully saturated rings. The van der Waals surface area contributed by atoms with Crippen LogP contribution in [0.25, 0.3) is 0 Å². The highest BCUT2D eigenvalue weighted by molar-refractivity contribution is 9.10. The van der Waals surface area contributed by atoms with E-state index in [4.69, 9.17) is 9.47 Å². The van der Waals surface area contributed by atoms with Gasteiger partial charge in [0.15, 0.2) is 0 Å². The largest absolute Gasteiger partial charge is 0.489 e. The molecule has 0 radical (unpaired) electrons. The molecule has 148 valence electrons. The summed E-state index contributed by atoms with van der Waals surface area (Å²) in [6.45, 7) is 0.525. The summed E-state index contributed by atoms with van der Waals surface area (Å²) in [5, 5.41) is 0. The van der Waals surface area contributed by atoms with E-state index in [1.165, 1.54) is 0 Å². The van der Waals surface area contributed by atoms with E-state index in [0.29, 0.717) is 6.61 Å². The number of nitrogens with zero attached hydrogens (tertiary/aromatic N) is 1. The first-order chi connectivity index (χ1) is 14.7. The minimum atomic E-state index is 0.525. The van der Waals surface area contributed by atoms with Crippen LogP contribution in [0.3, 0.4) is 0 Å². The first kappa shape index (κ1) is 19.9. The molecule has 0 bridgehead atoms. The molecule has 3 nitrogen and oxygen atoms in total. The van der Waals surface area contributed by atoms with Gasteiger partial charge in [-0.25, -0.2) is 0 Å². The molecular weight excluding hydrogens is 438 g/mol. The molecule has 0 spiro atoms. The first-order valence-corrected chi connectivity index (χ1v) is 10.4. The van der Waals surface area contributed by atoms with Crippen LogP contribution in [0.1, 0.15) is 11.1 Å². The van der Waals surface area contributed by atoms with Crippen molar-refractivity contribution in [1.29, 1.82) is 0 Å². The zero-order valence-electron chi connectivity index (χ0n) is 16.2. The maximum Gasteiger partial charge on any atom is 0.127 e. The van der Waals surface area contributed by atoms with Gasteiger partial charge in [0.05, 0.1) is 5.69 Å². The van der Waals surface area contributed by atoms with Crippen LogP contribution in [-0.4, -0.2) is 6.21 Å². The Kier molecular flexibility index (Phi) is 6.58. The van der Waals surface area contributed by atoms with E-state index >= 15 is 0 Å². The minimum Gasteiger partial charge on any atom is -0.489 e. The Morgan fingerprint density at radius 3 is 2.17 bits per heavy atom. The Hall–Kier alpha value is -3.37. The molecule has 0 amide bonds. The van der Waals surface area contributed by atoms with Crippen molar-refractivity contribution in [2.45, 2.75) is 6.61 Å². The summed E-state index contributed by atoms with van der Waals surface area (Å²) >= 11 is 3.44. The zero-order chi connectivity index (χ0) is 20.6. The number of hydrogen-bond donors (Lipinski definition) is 0. The average molecular weight is 458 g/mol. The molecule has 4 heteroatoms. The highest BCUT2D eigenvalue weighted by atomic mass is 79.9. The monoisotopic (exact) mass is 457 g/mol. The van der Waals surface area contributed by atoms with Crippen LogP contribution in [0, 0.1) is 0 Å². The van der Waals surface area contributed by atoms with Crippen molar-refractivity contribution in [3.8, 4) is 17.2 Å². The minimum absolute atomic E-state index is 0.525. The van der Waals surface area contributed by atoms with Gasteiger partial charge >= 0.3 is 0 Å². The van der Waals surface area contributed by atoms with Crippen molar-refractivity contribution < 1.29 is 9.47 Å². The zero-order valence-corrected chi connectivity index (χ0v) is 17.8. The Morgan fingerprint density at radius 2 is 1.40 bits per heavy atom. The number of benzene rings is 4. The van der Waals surface area contributed by atoms with E-state index in [2.05, 4.69) is 20.9 Å². The maximum absolute atomic E-state index is 5.90. The Labute approximate surface area is 184 Å². The number of aliphatic imine (C=N–C) groups is 1. The van der Waals surface area contributed by atoms with Gasteiger partial charge in [0.1, 0.15) is 23.9 Å². The van der Waals surface area contributed by atoms with Gasteiger partial charge in [0.25, 0.3) is 0 Å². The number of halogens is 1. The molecule has 0 atom stereocenters. The van der Waals surface area contributed by atoms with Crippen molar-refractivity contribution in [3.05, 3.63) is 119 Å². The third kappa shape index (κ3) is 5.82. The summed E-state index contributed by atoms with van der Waals surface area (Å²) < 4.78 is 12.8. The van der Waals surface area contributed by atoms with Crippen molar-refractivity contribution in [2.75, 3.05) is 0 Å². The van der Waals surface area contributed by atoms with Crippen LogP contribution in [0.5, 0.6) is 17.2 Å². The van der Waals surface area contributed by atoms with Crippen LogP contribution in [0.4, 0.5) is 5.69 Å². The van der Waals surface area contributed by atoms with Gasteiger partial charge in [-0.05, 0) is 71.8 Å². The van der Waals surface area contributed by atoms with E-state index in [1.54, 1.807) is 0 Å². The van der Waals surface area contributed by atoms with Crippen molar-refractivity contribution in [1.82, 2.24) is 0 Å². The summed E-state index contributed by atoms with van der Waals surface area (Å²) in [7, 11) is 0. The predicted octanol–water partition coefficient (Wildman–Crippen LogP) is 7.57. The Morgan fingerprint density at radius 1 is 0.700 bits per heavy atom. The summed E-state index contributed by atoms with van der Waals surface area (Å²) in [5.74, 6) is 2.41. The quantitative estimate of drug-likeness (QED) is 0.268. The molecule has 30 heavy (non-hydrogen) atoms. The second-order valence-electron chi connectivity index (χ2n) is 6.65. The highest BCUT2D eigenvalue weighted by Gasteiger charge is 1.99. The van der Waals surface area contributed by atoms with E-state index < -0.39 is 0 Å². The van der Waals surface area contributed by atoms with E-state index in [9.17, 15) is 0 Å². The topological polar surface area (TPSA) is 30.8 Å². The molecule has 0 saturated heterocycles. The Balaban J connectivity index is 1.36. The van der Waals surface area contributed by atoms with Gasteiger partial charge in [-0.3, -0.25) is 4.99 Å². The molecule has 0 unspecified atom stereocenters. The van der Waals surface area contributed by atoms with E-state index in [-0.39, 0.29) is 0 Å². The molecule has 0 aliphatic rings. The molecule has 0 heterocycles. The summed E-state index contributed by atoms with van der Waals surface area (Å²) in [6, 6.07) is 33.4. The van der Waals surface area contributed by atoms with Gasteiger partial charge < -0.3 is 9.47 Å². The summed E-state index contributed by atoms with van der Waals surface area (Å²) in [5.41, 5.74) is 2.96. The predicted molar refractivity (Wildman–Crippen MR) is 125 cm³/mol. The standard InChI is InChI=1S/C26H20BrNO2/c27-22-11-9-20(10-12-22)19-29-26-8-4-5-21(17-26)18-28-23-13-15-25(16-14-23)30-24-6-2-1-3-7-24/h1-18H,19H2. The molecule has 4 aromatic carbocycles. The lowest BCUT2D eigenvalue weighted by molar-refractivity contribution is 0.306. The van der Waals surface area contributed by atoms with Crippen molar-refractivity contribution in [3.63, 3.8) is 0 Å². The average Bonchev–Trinajstić information content (AvgIpc) is 2.79. The molecule has 0 aliphatic carbocycles. The molecule has 0 aliphatic heterocycles. The highest BCUT2D eigenvalue weighted by Crippen LogP contribution is 2.24. The Bertz CT molecular complexity index is 1110. The van der Waals surface area contributed by atoms with Crippen molar-refractivity contribution >= 4 is 27.8 Å². The fraction of sp³-hybridized carbons (Fsp3) is 0.0385. The molecule has 0 aromatic heterocycles. The fourth-order valence-electron chi connectivity index (χ4n) is 2.81. The van der Waals surface area contributed by atoms with Gasteiger partial charge in [0.2, 0.25) is 0 Å². The van der Waals surface area contributed by atoms with Crippen LogP contribution < -0.4 is 9.47 Å². The lowest BCUT2D eigenvalue weighted by Gasteiger charge is -2.07. The van der Waals surface area contributed by atoms with Gasteiger partial charge in [0, 0.05) is 10.7 Å². The fourth-order valence-corrected chi connectivity index (χ4v) is 3.07. The normalized spacial score (nSPS) is 10.8.